The Morgan fingerprint density at radius 3 is 2.56 bits per heavy atom. The Hall–Kier alpha value is -2.34. The van der Waals surface area contributed by atoms with Gasteiger partial charge in [-0.25, -0.2) is 0 Å². The number of rotatable bonds is 9. The average molecular weight is 433 g/mol. The van der Waals surface area contributed by atoms with Gasteiger partial charge in [0.05, 0.1) is 6.61 Å². The van der Waals surface area contributed by atoms with Gasteiger partial charge in [-0.2, -0.15) is 0 Å². The summed E-state index contributed by atoms with van der Waals surface area (Å²) in [6.07, 6.45) is 0.908. The Kier molecular flexibility index (Phi) is 8.33. The van der Waals surface area contributed by atoms with Gasteiger partial charge >= 0.3 is 0 Å². The lowest BCUT2D eigenvalue weighted by atomic mass is 10.1. The zero-order valence-electron chi connectivity index (χ0n) is 15.7. The number of amides is 2. The second kappa shape index (κ2) is 10.7. The second-order valence-electron chi connectivity index (χ2n) is 6.21. The average Bonchev–Trinajstić information content (AvgIpc) is 2.69. The SMILES string of the molecule is CNC(=O)C(C)N(Cc1cccc(Br)c1)C(=O)CCCOc1ccccc1. The van der Waals surface area contributed by atoms with Gasteiger partial charge in [-0.3, -0.25) is 9.59 Å². The number of halogens is 1. The third-order valence-electron chi connectivity index (χ3n) is 4.20. The first-order valence-corrected chi connectivity index (χ1v) is 9.74. The minimum atomic E-state index is -0.545. The zero-order valence-corrected chi connectivity index (χ0v) is 17.2. The van der Waals surface area contributed by atoms with Crippen molar-refractivity contribution in [3.63, 3.8) is 0 Å². The van der Waals surface area contributed by atoms with Crippen LogP contribution in [0.2, 0.25) is 0 Å². The fraction of sp³-hybridized carbons (Fsp3) is 0.333. The third kappa shape index (κ3) is 6.71. The number of hydrogen-bond acceptors (Lipinski definition) is 3. The molecule has 6 heteroatoms. The summed E-state index contributed by atoms with van der Waals surface area (Å²) in [5.74, 6) is 0.538. The van der Waals surface area contributed by atoms with E-state index in [0.29, 0.717) is 26.0 Å². The molecule has 1 atom stereocenters. The molecule has 0 aliphatic rings. The summed E-state index contributed by atoms with van der Waals surface area (Å²) >= 11 is 3.44. The van der Waals surface area contributed by atoms with E-state index in [-0.39, 0.29) is 11.8 Å². The Morgan fingerprint density at radius 1 is 1.15 bits per heavy atom. The van der Waals surface area contributed by atoms with Crippen LogP contribution in [0.25, 0.3) is 0 Å². The van der Waals surface area contributed by atoms with Crippen molar-refractivity contribution < 1.29 is 14.3 Å². The Balaban J connectivity index is 1.96. The van der Waals surface area contributed by atoms with E-state index in [0.717, 1.165) is 15.8 Å². The van der Waals surface area contributed by atoms with E-state index in [1.54, 1.807) is 18.9 Å². The first-order chi connectivity index (χ1) is 13.0. The highest BCUT2D eigenvalue weighted by atomic mass is 79.9. The fourth-order valence-corrected chi connectivity index (χ4v) is 3.14. The molecule has 2 aromatic carbocycles. The van der Waals surface area contributed by atoms with Gasteiger partial charge in [0.25, 0.3) is 0 Å². The van der Waals surface area contributed by atoms with E-state index < -0.39 is 6.04 Å². The Labute approximate surface area is 168 Å². The van der Waals surface area contributed by atoms with Crippen molar-refractivity contribution in [1.29, 1.82) is 0 Å². The smallest absolute Gasteiger partial charge is 0.242 e. The molecule has 0 heterocycles. The number of carbonyl (C=O) groups excluding carboxylic acids is 2. The van der Waals surface area contributed by atoms with Gasteiger partial charge < -0.3 is 15.0 Å². The van der Waals surface area contributed by atoms with Gasteiger partial charge in [0, 0.05) is 24.5 Å². The van der Waals surface area contributed by atoms with Gasteiger partial charge in [0.15, 0.2) is 0 Å². The maximum Gasteiger partial charge on any atom is 0.242 e. The molecule has 5 nitrogen and oxygen atoms in total. The number of carbonyl (C=O) groups is 2. The lowest BCUT2D eigenvalue weighted by Crippen LogP contribution is -2.46. The maximum atomic E-state index is 12.8. The molecular weight excluding hydrogens is 408 g/mol. The van der Waals surface area contributed by atoms with Crippen LogP contribution >= 0.6 is 15.9 Å². The highest BCUT2D eigenvalue weighted by Gasteiger charge is 2.25. The molecule has 144 valence electrons. The van der Waals surface area contributed by atoms with Crippen LogP contribution in [0.3, 0.4) is 0 Å². The van der Waals surface area contributed by atoms with Crippen molar-refractivity contribution >= 4 is 27.7 Å². The highest BCUT2D eigenvalue weighted by molar-refractivity contribution is 9.10. The summed E-state index contributed by atoms with van der Waals surface area (Å²) in [4.78, 5) is 26.5. The van der Waals surface area contributed by atoms with Crippen LogP contribution in [0, 0.1) is 0 Å². The second-order valence-corrected chi connectivity index (χ2v) is 7.12. The van der Waals surface area contributed by atoms with Crippen molar-refractivity contribution in [2.24, 2.45) is 0 Å². The molecular formula is C21H25BrN2O3. The van der Waals surface area contributed by atoms with Gasteiger partial charge in [0.1, 0.15) is 11.8 Å². The van der Waals surface area contributed by atoms with E-state index in [9.17, 15) is 9.59 Å². The van der Waals surface area contributed by atoms with Gasteiger partial charge in [-0.05, 0) is 43.2 Å². The number of para-hydroxylation sites is 1. The zero-order chi connectivity index (χ0) is 19.6. The summed E-state index contributed by atoms with van der Waals surface area (Å²) in [6, 6.07) is 16.7. The van der Waals surface area contributed by atoms with Crippen molar-refractivity contribution in [3.8, 4) is 5.75 Å². The first kappa shape index (κ1) is 21.0. The summed E-state index contributed by atoms with van der Waals surface area (Å²) in [5, 5.41) is 2.62. The minimum Gasteiger partial charge on any atom is -0.494 e. The number of benzene rings is 2. The lowest BCUT2D eigenvalue weighted by molar-refractivity contribution is -0.140. The molecule has 1 unspecified atom stereocenters. The molecule has 0 radical (unpaired) electrons. The standard InChI is InChI=1S/C21H25BrN2O3/c1-16(21(26)23-2)24(15-17-8-6-9-18(22)14-17)20(25)12-7-13-27-19-10-4-3-5-11-19/h3-6,8-11,14,16H,7,12-13,15H2,1-2H3,(H,23,26). The molecule has 0 saturated heterocycles. The maximum absolute atomic E-state index is 12.8. The summed E-state index contributed by atoms with van der Waals surface area (Å²) < 4.78 is 6.58. The Morgan fingerprint density at radius 2 is 1.89 bits per heavy atom. The van der Waals surface area contributed by atoms with Crippen molar-refractivity contribution in [3.05, 3.63) is 64.6 Å². The Bertz CT molecular complexity index is 752. The number of ether oxygens (including phenoxy) is 1. The minimum absolute atomic E-state index is 0.0669. The summed E-state index contributed by atoms with van der Waals surface area (Å²) in [7, 11) is 1.58. The number of nitrogens with one attached hydrogen (secondary N) is 1. The number of nitrogens with zero attached hydrogens (tertiary/aromatic N) is 1. The number of hydrogen-bond donors (Lipinski definition) is 1. The van der Waals surface area contributed by atoms with Crippen LogP contribution in [0.4, 0.5) is 0 Å². The number of likely N-dealkylation sites (N-methyl/N-ethyl adjacent to an activating group) is 1. The molecule has 0 aliphatic heterocycles. The van der Waals surface area contributed by atoms with E-state index in [1.807, 2.05) is 54.6 Å². The van der Waals surface area contributed by atoms with Crippen LogP contribution in [0.15, 0.2) is 59.1 Å². The highest BCUT2D eigenvalue weighted by Crippen LogP contribution is 2.16. The monoisotopic (exact) mass is 432 g/mol. The first-order valence-electron chi connectivity index (χ1n) is 8.94. The molecule has 0 aliphatic carbocycles. The largest absolute Gasteiger partial charge is 0.494 e. The van der Waals surface area contributed by atoms with E-state index in [1.165, 1.54) is 0 Å². The van der Waals surface area contributed by atoms with Crippen molar-refractivity contribution in [2.75, 3.05) is 13.7 Å². The lowest BCUT2D eigenvalue weighted by Gasteiger charge is -2.28. The molecule has 0 aromatic heterocycles. The van der Waals surface area contributed by atoms with Gasteiger partial charge in [0.2, 0.25) is 11.8 Å². The van der Waals surface area contributed by atoms with Crippen molar-refractivity contribution in [1.82, 2.24) is 10.2 Å². The van der Waals surface area contributed by atoms with E-state index in [2.05, 4.69) is 21.2 Å². The van der Waals surface area contributed by atoms with Gasteiger partial charge in [-0.15, -0.1) is 0 Å². The van der Waals surface area contributed by atoms with Crippen LogP contribution in [0.5, 0.6) is 5.75 Å². The molecule has 2 amide bonds. The fourth-order valence-electron chi connectivity index (χ4n) is 2.70. The van der Waals surface area contributed by atoms with Crippen LogP contribution < -0.4 is 10.1 Å². The summed E-state index contributed by atoms with van der Waals surface area (Å²) in [5.41, 5.74) is 0.967. The normalized spacial score (nSPS) is 11.5. The van der Waals surface area contributed by atoms with Crippen LogP contribution in [-0.4, -0.2) is 36.4 Å². The molecule has 1 N–H and O–H groups in total. The van der Waals surface area contributed by atoms with E-state index >= 15 is 0 Å². The molecule has 2 aromatic rings. The molecule has 0 saturated carbocycles. The van der Waals surface area contributed by atoms with Gasteiger partial charge in [-0.1, -0.05) is 46.3 Å². The molecule has 27 heavy (non-hydrogen) atoms. The predicted octanol–water partition coefficient (Wildman–Crippen LogP) is 3.77. The topological polar surface area (TPSA) is 58.6 Å². The van der Waals surface area contributed by atoms with E-state index in [4.69, 9.17) is 4.74 Å². The molecule has 2 rings (SSSR count). The quantitative estimate of drug-likeness (QED) is 0.613. The third-order valence-corrected chi connectivity index (χ3v) is 4.70. The summed E-state index contributed by atoms with van der Waals surface area (Å²) in [6.45, 7) is 2.58. The molecule has 0 fully saturated rings. The van der Waals surface area contributed by atoms with Crippen LogP contribution in [-0.2, 0) is 16.1 Å². The van der Waals surface area contributed by atoms with Crippen molar-refractivity contribution in [2.45, 2.75) is 32.4 Å². The van der Waals surface area contributed by atoms with Crippen LogP contribution in [0.1, 0.15) is 25.3 Å². The molecule has 0 bridgehead atoms. The predicted molar refractivity (Wildman–Crippen MR) is 109 cm³/mol. The molecule has 0 spiro atoms.